The Morgan fingerprint density at radius 3 is 2.58 bits per heavy atom. The zero-order valence-electron chi connectivity index (χ0n) is 7.75. The number of nitrogens with zero attached hydrogens (tertiary/aromatic N) is 1. The van der Waals surface area contributed by atoms with Gasteiger partial charge in [-0.25, -0.2) is 0 Å². The monoisotopic (exact) mass is 191 g/mol. The summed E-state index contributed by atoms with van der Waals surface area (Å²) in [6.07, 6.45) is 1.42. The van der Waals surface area contributed by atoms with E-state index < -0.39 is 0 Å². The van der Waals surface area contributed by atoms with Crippen molar-refractivity contribution in [3.8, 4) is 0 Å². The van der Waals surface area contributed by atoms with Crippen molar-refractivity contribution in [3.05, 3.63) is 0 Å². The van der Waals surface area contributed by atoms with E-state index >= 15 is 0 Å². The Hall–Kier alpha value is -0.220. The number of hydrogen-bond acceptors (Lipinski definition) is 3. The summed E-state index contributed by atoms with van der Waals surface area (Å²) in [6.45, 7) is 0.245. The highest BCUT2D eigenvalue weighted by atomic mass is 32.2. The highest BCUT2D eigenvalue weighted by Gasteiger charge is 2.02. The Balaban J connectivity index is 3.14. The summed E-state index contributed by atoms with van der Waals surface area (Å²) in [5.74, 6) is 1.97. The van der Waals surface area contributed by atoms with Gasteiger partial charge < -0.3 is 10.0 Å². The first-order valence-corrected chi connectivity index (χ1v) is 5.22. The smallest absolute Gasteiger partial charge is 0.222 e. The molecule has 0 unspecified atom stereocenters. The topological polar surface area (TPSA) is 40.5 Å². The van der Waals surface area contributed by atoms with Crippen LogP contribution in [0.1, 0.15) is 12.8 Å². The molecule has 0 radical (unpaired) electrons. The van der Waals surface area contributed by atoms with Gasteiger partial charge >= 0.3 is 0 Å². The van der Waals surface area contributed by atoms with Crippen LogP contribution >= 0.6 is 11.8 Å². The number of aliphatic hydroxyl groups is 1. The predicted molar refractivity (Wildman–Crippen MR) is 52.3 cm³/mol. The Kier molecular flexibility index (Phi) is 7.29. The van der Waals surface area contributed by atoms with Gasteiger partial charge in [-0.05, 0) is 12.2 Å². The second-order valence-corrected chi connectivity index (χ2v) is 3.95. The van der Waals surface area contributed by atoms with Crippen molar-refractivity contribution in [3.63, 3.8) is 0 Å². The van der Waals surface area contributed by atoms with Crippen LogP contribution in [-0.2, 0) is 4.79 Å². The number of rotatable bonds is 6. The molecular formula is C8H17NO2S. The molecule has 1 amide bonds. The Labute approximate surface area is 78.1 Å². The van der Waals surface area contributed by atoms with Crippen molar-refractivity contribution in [1.29, 1.82) is 0 Å². The second kappa shape index (κ2) is 7.43. The van der Waals surface area contributed by atoms with Crippen LogP contribution in [0.25, 0.3) is 0 Å². The van der Waals surface area contributed by atoms with Crippen LogP contribution in [-0.4, -0.2) is 48.1 Å². The molecule has 0 aromatic carbocycles. The molecule has 0 saturated carbocycles. The molecule has 0 heterocycles. The van der Waals surface area contributed by atoms with Crippen LogP contribution in [0, 0.1) is 0 Å². The number of aliphatic hydroxyl groups excluding tert-OH is 1. The lowest BCUT2D eigenvalue weighted by molar-refractivity contribution is -0.128. The minimum Gasteiger partial charge on any atom is -0.396 e. The lowest BCUT2D eigenvalue weighted by Crippen LogP contribution is -2.21. The molecule has 0 saturated heterocycles. The Bertz CT molecular complexity index is 128. The molecule has 0 aliphatic rings. The van der Waals surface area contributed by atoms with E-state index in [0.717, 1.165) is 17.9 Å². The molecule has 0 aliphatic heterocycles. The van der Waals surface area contributed by atoms with Gasteiger partial charge in [0.25, 0.3) is 0 Å². The molecular weight excluding hydrogens is 174 g/mol. The zero-order chi connectivity index (χ0) is 9.40. The molecule has 72 valence electrons. The maximum atomic E-state index is 11.0. The van der Waals surface area contributed by atoms with Gasteiger partial charge in [0, 0.05) is 32.9 Å². The average molecular weight is 191 g/mol. The molecule has 0 fully saturated rings. The number of thioether (sulfide) groups is 1. The maximum Gasteiger partial charge on any atom is 0.222 e. The lowest BCUT2D eigenvalue weighted by Gasteiger charge is -2.09. The van der Waals surface area contributed by atoms with Crippen molar-refractivity contribution in [2.75, 3.05) is 32.2 Å². The van der Waals surface area contributed by atoms with Gasteiger partial charge in [0.1, 0.15) is 0 Å². The standard InChI is InChI=1S/C8H17NO2S/c1-9(2)8(11)4-7-12-6-3-5-10/h10H,3-7H2,1-2H3. The third-order valence-corrected chi connectivity index (χ3v) is 2.48. The summed E-state index contributed by atoms with van der Waals surface area (Å²) in [6, 6.07) is 0. The quantitative estimate of drug-likeness (QED) is 0.624. The summed E-state index contributed by atoms with van der Waals surface area (Å²) >= 11 is 1.72. The van der Waals surface area contributed by atoms with Crippen molar-refractivity contribution in [2.24, 2.45) is 0 Å². The van der Waals surface area contributed by atoms with Crippen molar-refractivity contribution in [2.45, 2.75) is 12.8 Å². The molecule has 0 bridgehead atoms. The zero-order valence-corrected chi connectivity index (χ0v) is 8.56. The van der Waals surface area contributed by atoms with Gasteiger partial charge in [0.2, 0.25) is 5.91 Å². The molecule has 3 nitrogen and oxygen atoms in total. The van der Waals surface area contributed by atoms with Gasteiger partial charge in [0.05, 0.1) is 0 Å². The van der Waals surface area contributed by atoms with Gasteiger partial charge in [0.15, 0.2) is 0 Å². The van der Waals surface area contributed by atoms with E-state index in [4.69, 9.17) is 5.11 Å². The first-order chi connectivity index (χ1) is 5.68. The second-order valence-electron chi connectivity index (χ2n) is 2.73. The molecule has 0 spiro atoms. The van der Waals surface area contributed by atoms with Crippen molar-refractivity contribution in [1.82, 2.24) is 4.90 Å². The van der Waals surface area contributed by atoms with Gasteiger partial charge in [-0.2, -0.15) is 11.8 Å². The third-order valence-electron chi connectivity index (χ3n) is 1.41. The molecule has 0 atom stereocenters. The summed E-state index contributed by atoms with van der Waals surface area (Å²) in [5.41, 5.74) is 0. The van der Waals surface area contributed by atoms with E-state index in [1.54, 1.807) is 30.8 Å². The molecule has 1 N–H and O–H groups in total. The first kappa shape index (κ1) is 11.8. The van der Waals surface area contributed by atoms with E-state index in [9.17, 15) is 4.79 Å². The van der Waals surface area contributed by atoms with Crippen molar-refractivity contribution < 1.29 is 9.90 Å². The minimum atomic E-state index is 0.173. The molecule has 0 aromatic rings. The van der Waals surface area contributed by atoms with Crippen LogP contribution in [0.5, 0.6) is 0 Å². The first-order valence-electron chi connectivity index (χ1n) is 4.07. The molecule has 0 rings (SSSR count). The van der Waals surface area contributed by atoms with E-state index in [1.807, 2.05) is 0 Å². The van der Waals surface area contributed by atoms with Gasteiger partial charge in [-0.3, -0.25) is 4.79 Å². The molecule has 4 heteroatoms. The fraction of sp³-hybridized carbons (Fsp3) is 0.875. The lowest BCUT2D eigenvalue weighted by atomic mass is 10.4. The molecule has 0 aliphatic carbocycles. The average Bonchev–Trinajstić information content (AvgIpc) is 2.03. The highest BCUT2D eigenvalue weighted by Crippen LogP contribution is 2.04. The van der Waals surface area contributed by atoms with E-state index in [2.05, 4.69) is 0 Å². The molecule has 0 aromatic heterocycles. The maximum absolute atomic E-state index is 11.0. The summed E-state index contributed by atoms with van der Waals surface area (Å²) in [5, 5.41) is 8.47. The highest BCUT2D eigenvalue weighted by molar-refractivity contribution is 7.99. The van der Waals surface area contributed by atoms with Crippen LogP contribution in [0.2, 0.25) is 0 Å². The van der Waals surface area contributed by atoms with Crippen LogP contribution in [0.15, 0.2) is 0 Å². The van der Waals surface area contributed by atoms with Crippen LogP contribution in [0.3, 0.4) is 0 Å². The fourth-order valence-electron chi connectivity index (χ4n) is 0.652. The Morgan fingerprint density at radius 2 is 2.08 bits per heavy atom. The normalized spacial score (nSPS) is 9.92. The third kappa shape index (κ3) is 6.49. The fourth-order valence-corrected chi connectivity index (χ4v) is 1.51. The summed E-state index contributed by atoms with van der Waals surface area (Å²) < 4.78 is 0. The summed E-state index contributed by atoms with van der Waals surface area (Å²) in [4.78, 5) is 12.6. The Morgan fingerprint density at radius 1 is 1.42 bits per heavy atom. The number of amides is 1. The van der Waals surface area contributed by atoms with Gasteiger partial charge in [-0.1, -0.05) is 0 Å². The largest absolute Gasteiger partial charge is 0.396 e. The van der Waals surface area contributed by atoms with Crippen LogP contribution in [0.4, 0.5) is 0 Å². The van der Waals surface area contributed by atoms with E-state index in [-0.39, 0.29) is 12.5 Å². The molecule has 12 heavy (non-hydrogen) atoms. The SMILES string of the molecule is CN(C)C(=O)CCSCCCO. The summed E-state index contributed by atoms with van der Waals surface area (Å²) in [7, 11) is 3.53. The number of carbonyl (C=O) groups is 1. The number of hydrogen-bond donors (Lipinski definition) is 1. The van der Waals surface area contributed by atoms with Crippen molar-refractivity contribution >= 4 is 17.7 Å². The van der Waals surface area contributed by atoms with E-state index in [1.165, 1.54) is 0 Å². The number of carbonyl (C=O) groups excluding carboxylic acids is 1. The van der Waals surface area contributed by atoms with Crippen LogP contribution < -0.4 is 0 Å². The minimum absolute atomic E-state index is 0.173. The van der Waals surface area contributed by atoms with Gasteiger partial charge in [-0.15, -0.1) is 0 Å². The van der Waals surface area contributed by atoms with E-state index in [0.29, 0.717) is 6.42 Å². The predicted octanol–water partition coefficient (Wildman–Crippen LogP) is 0.580.